The predicted molar refractivity (Wildman–Crippen MR) is 113 cm³/mol. The summed E-state index contributed by atoms with van der Waals surface area (Å²) in [5, 5.41) is 7.20. The highest BCUT2D eigenvalue weighted by molar-refractivity contribution is 14.0. The SMILES string of the molecule is CCc1cccc(CC)c1NC(N)=NCCc1nc(C(C)C)no1.I. The quantitative estimate of drug-likeness (QED) is 0.374. The van der Waals surface area contributed by atoms with Crippen molar-refractivity contribution < 1.29 is 4.52 Å². The first-order valence-corrected chi connectivity index (χ1v) is 8.55. The number of para-hydroxylation sites is 1. The molecule has 1 aromatic heterocycles. The smallest absolute Gasteiger partial charge is 0.228 e. The van der Waals surface area contributed by atoms with Gasteiger partial charge < -0.3 is 15.6 Å². The zero-order valence-corrected chi connectivity index (χ0v) is 17.7. The molecule has 25 heavy (non-hydrogen) atoms. The van der Waals surface area contributed by atoms with E-state index in [1.165, 1.54) is 11.1 Å². The molecule has 0 amide bonds. The number of aromatic nitrogens is 2. The number of hydrogen-bond acceptors (Lipinski definition) is 4. The van der Waals surface area contributed by atoms with Crippen LogP contribution in [0, 0.1) is 0 Å². The monoisotopic (exact) mass is 457 g/mol. The van der Waals surface area contributed by atoms with E-state index in [2.05, 4.69) is 52.5 Å². The van der Waals surface area contributed by atoms with Crippen LogP contribution in [0.3, 0.4) is 0 Å². The Kier molecular flexibility index (Phi) is 8.88. The van der Waals surface area contributed by atoms with Crippen LogP contribution in [0.1, 0.15) is 56.5 Å². The predicted octanol–water partition coefficient (Wildman–Crippen LogP) is 3.91. The summed E-state index contributed by atoms with van der Waals surface area (Å²) < 4.78 is 5.21. The van der Waals surface area contributed by atoms with E-state index in [0.29, 0.717) is 24.8 Å². The standard InChI is InChI=1S/C18H27N5O.HI/c1-5-13-8-7-9-14(6-2)16(13)22-18(19)20-11-10-15-21-17(12(3)4)23-24-15;/h7-9,12H,5-6,10-11H2,1-4H3,(H3,19,20,22);1H. The molecule has 0 radical (unpaired) electrons. The van der Waals surface area contributed by atoms with Gasteiger partial charge in [0.1, 0.15) is 0 Å². The van der Waals surface area contributed by atoms with Gasteiger partial charge in [0.05, 0.1) is 6.54 Å². The molecular weight excluding hydrogens is 429 g/mol. The first-order chi connectivity index (χ1) is 11.5. The van der Waals surface area contributed by atoms with Crippen LogP contribution >= 0.6 is 24.0 Å². The Morgan fingerprint density at radius 2 is 1.88 bits per heavy atom. The summed E-state index contributed by atoms with van der Waals surface area (Å²) in [7, 11) is 0. The number of nitrogens with one attached hydrogen (secondary N) is 1. The molecule has 0 bridgehead atoms. The molecule has 138 valence electrons. The highest BCUT2D eigenvalue weighted by Gasteiger charge is 2.10. The molecular formula is C18H28IN5O. The van der Waals surface area contributed by atoms with E-state index in [9.17, 15) is 0 Å². The summed E-state index contributed by atoms with van der Waals surface area (Å²) in [5.41, 5.74) is 9.60. The van der Waals surface area contributed by atoms with E-state index >= 15 is 0 Å². The molecule has 0 atom stereocenters. The van der Waals surface area contributed by atoms with Crippen LogP contribution in [0.5, 0.6) is 0 Å². The van der Waals surface area contributed by atoms with Gasteiger partial charge in [0, 0.05) is 18.0 Å². The van der Waals surface area contributed by atoms with E-state index in [-0.39, 0.29) is 29.9 Å². The zero-order valence-electron chi connectivity index (χ0n) is 15.4. The van der Waals surface area contributed by atoms with Crippen molar-refractivity contribution in [2.75, 3.05) is 11.9 Å². The summed E-state index contributed by atoms with van der Waals surface area (Å²) in [6.07, 6.45) is 2.48. The van der Waals surface area contributed by atoms with E-state index in [4.69, 9.17) is 10.3 Å². The summed E-state index contributed by atoms with van der Waals surface area (Å²) in [6, 6.07) is 6.30. The Balaban J connectivity index is 0.00000312. The van der Waals surface area contributed by atoms with Gasteiger partial charge in [-0.2, -0.15) is 4.98 Å². The van der Waals surface area contributed by atoms with Gasteiger partial charge in [-0.15, -0.1) is 24.0 Å². The molecule has 0 aliphatic carbocycles. The maximum atomic E-state index is 6.04. The first kappa shape index (κ1) is 21.4. The fourth-order valence-electron chi connectivity index (χ4n) is 2.45. The Labute approximate surface area is 166 Å². The molecule has 0 spiro atoms. The normalized spacial score (nSPS) is 11.5. The summed E-state index contributed by atoms with van der Waals surface area (Å²) in [5.74, 6) is 1.99. The lowest BCUT2D eigenvalue weighted by Crippen LogP contribution is -2.24. The number of aryl methyl sites for hydroxylation is 2. The van der Waals surface area contributed by atoms with Crippen molar-refractivity contribution in [3.63, 3.8) is 0 Å². The number of rotatable bonds is 7. The lowest BCUT2D eigenvalue weighted by atomic mass is 10.0. The highest BCUT2D eigenvalue weighted by atomic mass is 127. The van der Waals surface area contributed by atoms with Crippen LogP contribution in [0.15, 0.2) is 27.7 Å². The van der Waals surface area contributed by atoms with Gasteiger partial charge in [-0.05, 0) is 24.0 Å². The van der Waals surface area contributed by atoms with Crippen LogP contribution in [-0.2, 0) is 19.3 Å². The topological polar surface area (TPSA) is 89.3 Å². The van der Waals surface area contributed by atoms with Gasteiger partial charge >= 0.3 is 0 Å². The Bertz CT molecular complexity index is 674. The zero-order chi connectivity index (χ0) is 17.5. The second-order valence-corrected chi connectivity index (χ2v) is 6.00. The van der Waals surface area contributed by atoms with Gasteiger partial charge in [-0.1, -0.05) is 51.1 Å². The van der Waals surface area contributed by atoms with E-state index in [0.717, 1.165) is 24.4 Å². The third-order valence-corrected chi connectivity index (χ3v) is 3.86. The molecule has 6 nitrogen and oxygen atoms in total. The molecule has 1 heterocycles. The third kappa shape index (κ3) is 5.98. The lowest BCUT2D eigenvalue weighted by Gasteiger charge is -2.14. The van der Waals surface area contributed by atoms with E-state index < -0.39 is 0 Å². The second kappa shape index (κ2) is 10.4. The van der Waals surface area contributed by atoms with Crippen molar-refractivity contribution >= 4 is 35.6 Å². The summed E-state index contributed by atoms with van der Waals surface area (Å²) in [4.78, 5) is 8.71. The van der Waals surface area contributed by atoms with Crippen molar-refractivity contribution in [1.29, 1.82) is 0 Å². The molecule has 0 aliphatic rings. The maximum Gasteiger partial charge on any atom is 0.228 e. The van der Waals surface area contributed by atoms with Crippen molar-refractivity contribution in [3.8, 4) is 0 Å². The molecule has 0 saturated carbocycles. The Morgan fingerprint density at radius 3 is 2.40 bits per heavy atom. The van der Waals surface area contributed by atoms with Crippen LogP contribution in [0.4, 0.5) is 5.69 Å². The highest BCUT2D eigenvalue weighted by Crippen LogP contribution is 2.22. The van der Waals surface area contributed by atoms with E-state index in [1.807, 2.05) is 13.8 Å². The number of anilines is 1. The summed E-state index contributed by atoms with van der Waals surface area (Å²) >= 11 is 0. The number of hydrogen-bond donors (Lipinski definition) is 2. The van der Waals surface area contributed by atoms with Crippen LogP contribution in [0.25, 0.3) is 0 Å². The molecule has 2 rings (SSSR count). The number of nitrogens with two attached hydrogens (primary N) is 1. The molecule has 3 N–H and O–H groups in total. The minimum Gasteiger partial charge on any atom is -0.370 e. The van der Waals surface area contributed by atoms with Crippen LogP contribution < -0.4 is 11.1 Å². The molecule has 1 aromatic carbocycles. The third-order valence-electron chi connectivity index (χ3n) is 3.86. The Morgan fingerprint density at radius 1 is 1.24 bits per heavy atom. The van der Waals surface area contributed by atoms with Crippen molar-refractivity contribution in [3.05, 3.63) is 41.0 Å². The number of nitrogens with zero attached hydrogens (tertiary/aromatic N) is 3. The average Bonchev–Trinajstić information content (AvgIpc) is 3.04. The molecule has 0 aliphatic heterocycles. The lowest BCUT2D eigenvalue weighted by molar-refractivity contribution is 0.372. The van der Waals surface area contributed by atoms with E-state index in [1.54, 1.807) is 0 Å². The largest absolute Gasteiger partial charge is 0.370 e. The maximum absolute atomic E-state index is 6.04. The van der Waals surface area contributed by atoms with Gasteiger partial charge in [-0.25, -0.2) is 0 Å². The second-order valence-electron chi connectivity index (χ2n) is 6.00. The van der Waals surface area contributed by atoms with Crippen LogP contribution in [-0.4, -0.2) is 22.6 Å². The average molecular weight is 457 g/mol. The first-order valence-electron chi connectivity index (χ1n) is 8.55. The molecule has 0 saturated heterocycles. The van der Waals surface area contributed by atoms with Crippen LogP contribution in [0.2, 0.25) is 0 Å². The van der Waals surface area contributed by atoms with Crippen molar-refractivity contribution in [1.82, 2.24) is 10.1 Å². The minimum atomic E-state index is 0. The molecule has 2 aromatic rings. The fourth-order valence-corrected chi connectivity index (χ4v) is 2.45. The van der Waals surface area contributed by atoms with Crippen molar-refractivity contribution in [2.24, 2.45) is 10.7 Å². The molecule has 0 unspecified atom stereocenters. The van der Waals surface area contributed by atoms with Gasteiger partial charge in [0.15, 0.2) is 11.8 Å². The van der Waals surface area contributed by atoms with Gasteiger partial charge in [0.25, 0.3) is 0 Å². The molecule has 0 fully saturated rings. The van der Waals surface area contributed by atoms with Gasteiger partial charge in [-0.3, -0.25) is 4.99 Å². The number of benzene rings is 1. The van der Waals surface area contributed by atoms with Gasteiger partial charge in [0.2, 0.25) is 5.89 Å². The fraction of sp³-hybridized carbons (Fsp3) is 0.500. The molecule has 7 heteroatoms. The summed E-state index contributed by atoms with van der Waals surface area (Å²) in [6.45, 7) is 8.84. The number of guanidine groups is 1. The van der Waals surface area contributed by atoms with Crippen molar-refractivity contribution in [2.45, 2.75) is 52.9 Å². The number of halogens is 1. The minimum absolute atomic E-state index is 0. The Hall–Kier alpha value is -1.64. The number of aliphatic imine (C=N–C) groups is 1.